The van der Waals surface area contributed by atoms with Crippen LogP contribution in [0.1, 0.15) is 33.1 Å². The number of unbranched alkanes of at least 4 members (excludes halogenated alkanes) is 1. The molecule has 0 aromatic heterocycles. The Morgan fingerprint density at radius 1 is 1.40 bits per heavy atom. The molecule has 0 aliphatic heterocycles. The third-order valence-corrected chi connectivity index (χ3v) is 1.58. The zero-order valence-electron chi connectivity index (χ0n) is 7.41. The van der Waals surface area contributed by atoms with Crippen molar-refractivity contribution in [3.05, 3.63) is 11.6 Å². The van der Waals surface area contributed by atoms with Crippen molar-refractivity contribution >= 4 is 0 Å². The van der Waals surface area contributed by atoms with Gasteiger partial charge in [0, 0.05) is 6.54 Å². The van der Waals surface area contributed by atoms with Crippen LogP contribution in [-0.2, 0) is 0 Å². The first-order valence-electron chi connectivity index (χ1n) is 4.17. The summed E-state index contributed by atoms with van der Waals surface area (Å²) in [5.41, 5.74) is 1.53. The van der Waals surface area contributed by atoms with E-state index in [4.69, 9.17) is 0 Å². The second kappa shape index (κ2) is 6.81. The molecule has 0 rings (SSSR count). The lowest BCUT2D eigenvalue weighted by Crippen LogP contribution is -2.09. The SMILES string of the molecule is CCC/C=C(\CC)CNC. The summed E-state index contributed by atoms with van der Waals surface area (Å²) >= 11 is 0. The van der Waals surface area contributed by atoms with Crippen molar-refractivity contribution in [1.29, 1.82) is 0 Å². The summed E-state index contributed by atoms with van der Waals surface area (Å²) < 4.78 is 0. The molecule has 0 bridgehead atoms. The minimum Gasteiger partial charge on any atom is -0.316 e. The largest absolute Gasteiger partial charge is 0.316 e. The van der Waals surface area contributed by atoms with E-state index in [0.717, 1.165) is 6.54 Å². The van der Waals surface area contributed by atoms with Crippen molar-refractivity contribution in [2.24, 2.45) is 0 Å². The Morgan fingerprint density at radius 2 is 2.10 bits per heavy atom. The van der Waals surface area contributed by atoms with E-state index in [1.807, 2.05) is 7.05 Å². The van der Waals surface area contributed by atoms with Crippen molar-refractivity contribution in [2.45, 2.75) is 33.1 Å². The normalized spacial score (nSPS) is 12.1. The fourth-order valence-electron chi connectivity index (χ4n) is 0.917. The Balaban J connectivity index is 3.55. The van der Waals surface area contributed by atoms with E-state index in [-0.39, 0.29) is 0 Å². The summed E-state index contributed by atoms with van der Waals surface area (Å²) in [4.78, 5) is 0. The summed E-state index contributed by atoms with van der Waals surface area (Å²) in [5.74, 6) is 0. The first kappa shape index (κ1) is 9.70. The molecule has 1 N–H and O–H groups in total. The first-order valence-corrected chi connectivity index (χ1v) is 4.17. The third-order valence-electron chi connectivity index (χ3n) is 1.58. The zero-order valence-corrected chi connectivity index (χ0v) is 7.41. The Labute approximate surface area is 64.5 Å². The quantitative estimate of drug-likeness (QED) is 0.579. The molecule has 0 unspecified atom stereocenters. The van der Waals surface area contributed by atoms with Gasteiger partial charge in [-0.05, 0) is 19.9 Å². The standard InChI is InChI=1S/C9H19N/c1-4-6-7-9(5-2)8-10-3/h7,10H,4-6,8H2,1-3H3/b9-7+. The van der Waals surface area contributed by atoms with Gasteiger partial charge in [0.15, 0.2) is 0 Å². The summed E-state index contributed by atoms with van der Waals surface area (Å²) in [6.07, 6.45) is 6.01. The predicted octanol–water partition coefficient (Wildman–Crippen LogP) is 2.34. The average molecular weight is 141 g/mol. The molecule has 10 heavy (non-hydrogen) atoms. The highest BCUT2D eigenvalue weighted by Gasteiger charge is 1.89. The monoisotopic (exact) mass is 141 g/mol. The molecule has 0 radical (unpaired) electrons. The summed E-state index contributed by atoms with van der Waals surface area (Å²) in [6, 6.07) is 0. The van der Waals surface area contributed by atoms with E-state index in [9.17, 15) is 0 Å². The van der Waals surface area contributed by atoms with E-state index >= 15 is 0 Å². The van der Waals surface area contributed by atoms with Crippen LogP contribution in [0, 0.1) is 0 Å². The van der Waals surface area contributed by atoms with Gasteiger partial charge in [0.2, 0.25) is 0 Å². The van der Waals surface area contributed by atoms with Crippen LogP contribution in [-0.4, -0.2) is 13.6 Å². The van der Waals surface area contributed by atoms with Crippen LogP contribution in [0.4, 0.5) is 0 Å². The van der Waals surface area contributed by atoms with Crippen molar-refractivity contribution < 1.29 is 0 Å². The highest BCUT2D eigenvalue weighted by molar-refractivity contribution is 5.02. The smallest absolute Gasteiger partial charge is 0.0161 e. The maximum atomic E-state index is 3.16. The molecule has 0 saturated heterocycles. The average Bonchev–Trinajstić information content (AvgIpc) is 1.98. The second-order valence-electron chi connectivity index (χ2n) is 2.53. The van der Waals surface area contributed by atoms with E-state index in [0.29, 0.717) is 0 Å². The molecule has 0 aliphatic carbocycles. The van der Waals surface area contributed by atoms with Crippen molar-refractivity contribution in [1.82, 2.24) is 5.32 Å². The number of allylic oxidation sites excluding steroid dienone is 1. The fourth-order valence-corrected chi connectivity index (χ4v) is 0.917. The van der Waals surface area contributed by atoms with E-state index in [1.54, 1.807) is 0 Å². The number of likely N-dealkylation sites (N-methyl/N-ethyl adjacent to an activating group) is 1. The molecule has 0 spiro atoms. The van der Waals surface area contributed by atoms with Crippen LogP contribution in [0.2, 0.25) is 0 Å². The van der Waals surface area contributed by atoms with E-state index in [2.05, 4.69) is 25.2 Å². The molecule has 0 saturated carbocycles. The highest BCUT2D eigenvalue weighted by Crippen LogP contribution is 2.01. The number of hydrogen-bond acceptors (Lipinski definition) is 1. The van der Waals surface area contributed by atoms with Gasteiger partial charge in [0.05, 0.1) is 0 Å². The summed E-state index contributed by atoms with van der Waals surface area (Å²) in [7, 11) is 2.00. The molecule has 0 fully saturated rings. The Kier molecular flexibility index (Phi) is 6.61. The molecule has 0 aliphatic rings. The molecule has 1 nitrogen and oxygen atoms in total. The van der Waals surface area contributed by atoms with Gasteiger partial charge in [-0.25, -0.2) is 0 Å². The lowest BCUT2D eigenvalue weighted by molar-refractivity contribution is 0.827. The van der Waals surface area contributed by atoms with Gasteiger partial charge in [0.25, 0.3) is 0 Å². The van der Waals surface area contributed by atoms with Crippen molar-refractivity contribution in [3.8, 4) is 0 Å². The fraction of sp³-hybridized carbons (Fsp3) is 0.778. The molecule has 0 amide bonds. The predicted molar refractivity (Wildman–Crippen MR) is 47.2 cm³/mol. The second-order valence-corrected chi connectivity index (χ2v) is 2.53. The molecule has 0 aromatic rings. The Morgan fingerprint density at radius 3 is 2.50 bits per heavy atom. The third kappa shape index (κ3) is 4.57. The molecular weight excluding hydrogens is 122 g/mol. The lowest BCUT2D eigenvalue weighted by atomic mass is 10.1. The molecule has 60 valence electrons. The van der Waals surface area contributed by atoms with Gasteiger partial charge in [-0.2, -0.15) is 0 Å². The van der Waals surface area contributed by atoms with Crippen molar-refractivity contribution in [2.75, 3.05) is 13.6 Å². The molecule has 0 atom stereocenters. The zero-order chi connectivity index (χ0) is 7.82. The topological polar surface area (TPSA) is 12.0 Å². The Bertz CT molecular complexity index is 94.9. The van der Waals surface area contributed by atoms with Crippen LogP contribution in [0.5, 0.6) is 0 Å². The minimum atomic E-state index is 1.05. The van der Waals surface area contributed by atoms with Crippen LogP contribution in [0.25, 0.3) is 0 Å². The van der Waals surface area contributed by atoms with Crippen LogP contribution < -0.4 is 5.32 Å². The molecule has 0 aromatic carbocycles. The van der Waals surface area contributed by atoms with Gasteiger partial charge in [-0.1, -0.05) is 31.9 Å². The first-order chi connectivity index (χ1) is 4.85. The highest BCUT2D eigenvalue weighted by atomic mass is 14.8. The van der Waals surface area contributed by atoms with Crippen LogP contribution in [0.3, 0.4) is 0 Å². The molecule has 1 heteroatoms. The maximum absolute atomic E-state index is 3.16. The van der Waals surface area contributed by atoms with Gasteiger partial charge < -0.3 is 5.32 Å². The van der Waals surface area contributed by atoms with Gasteiger partial charge in [-0.15, -0.1) is 0 Å². The number of rotatable bonds is 5. The Hall–Kier alpha value is -0.300. The summed E-state index contributed by atoms with van der Waals surface area (Å²) in [6.45, 7) is 5.47. The number of nitrogens with one attached hydrogen (secondary N) is 1. The minimum absolute atomic E-state index is 1.05. The molecule has 0 heterocycles. The summed E-state index contributed by atoms with van der Waals surface area (Å²) in [5, 5.41) is 3.16. The maximum Gasteiger partial charge on any atom is 0.0161 e. The van der Waals surface area contributed by atoms with E-state index in [1.165, 1.54) is 24.8 Å². The van der Waals surface area contributed by atoms with Crippen molar-refractivity contribution in [3.63, 3.8) is 0 Å². The van der Waals surface area contributed by atoms with Crippen LogP contribution in [0.15, 0.2) is 11.6 Å². The van der Waals surface area contributed by atoms with Gasteiger partial charge >= 0.3 is 0 Å². The molecular formula is C9H19N. The lowest BCUT2D eigenvalue weighted by Gasteiger charge is -2.01. The van der Waals surface area contributed by atoms with E-state index < -0.39 is 0 Å². The number of hydrogen-bond donors (Lipinski definition) is 1. The van der Waals surface area contributed by atoms with Gasteiger partial charge in [-0.3, -0.25) is 0 Å². The van der Waals surface area contributed by atoms with Gasteiger partial charge in [0.1, 0.15) is 0 Å². The van der Waals surface area contributed by atoms with Crippen LogP contribution >= 0.6 is 0 Å².